The molecule has 2 fully saturated rings. The van der Waals surface area contributed by atoms with Crippen LogP contribution in [-0.2, 0) is 0 Å². The number of nitrogens with zero attached hydrogens (tertiary/aromatic N) is 1. The van der Waals surface area contributed by atoms with Crippen LogP contribution in [-0.4, -0.2) is 41.6 Å². The highest BCUT2D eigenvalue weighted by Crippen LogP contribution is 2.31. The van der Waals surface area contributed by atoms with Crippen LogP contribution in [0.15, 0.2) is 30.3 Å². The standard InChI is InChI=1S/C18H28N2S/c1-14(2)17-13-20(12-16-9-6-10-21-16)18(11-19-17)15-7-4-3-5-8-15/h3-5,7-8,14,16-19H,6,9-13H2,1-2H3. The van der Waals surface area contributed by atoms with Gasteiger partial charge >= 0.3 is 0 Å². The average molecular weight is 305 g/mol. The third-order valence-corrected chi connectivity index (χ3v) is 6.28. The molecule has 0 radical (unpaired) electrons. The van der Waals surface area contributed by atoms with Crippen LogP contribution < -0.4 is 5.32 Å². The normalized spacial score (nSPS) is 30.9. The Bertz CT molecular complexity index is 426. The van der Waals surface area contributed by atoms with Crippen molar-refractivity contribution in [3.63, 3.8) is 0 Å². The van der Waals surface area contributed by atoms with Gasteiger partial charge in [-0.05, 0) is 30.1 Å². The third kappa shape index (κ3) is 3.82. The van der Waals surface area contributed by atoms with Gasteiger partial charge in [0.15, 0.2) is 0 Å². The van der Waals surface area contributed by atoms with Crippen LogP contribution in [0.5, 0.6) is 0 Å². The topological polar surface area (TPSA) is 15.3 Å². The van der Waals surface area contributed by atoms with Crippen LogP contribution in [0.2, 0.25) is 0 Å². The minimum absolute atomic E-state index is 0.544. The van der Waals surface area contributed by atoms with Crippen molar-refractivity contribution in [2.75, 3.05) is 25.4 Å². The van der Waals surface area contributed by atoms with Crippen LogP contribution in [0.1, 0.15) is 38.3 Å². The van der Waals surface area contributed by atoms with Crippen molar-refractivity contribution >= 4 is 11.8 Å². The van der Waals surface area contributed by atoms with Crippen LogP contribution >= 0.6 is 11.8 Å². The largest absolute Gasteiger partial charge is 0.311 e. The first-order valence-corrected chi connectivity index (χ1v) is 9.43. The molecule has 21 heavy (non-hydrogen) atoms. The van der Waals surface area contributed by atoms with E-state index in [4.69, 9.17) is 0 Å². The van der Waals surface area contributed by atoms with Crippen molar-refractivity contribution in [3.8, 4) is 0 Å². The first kappa shape index (κ1) is 15.4. The predicted molar refractivity (Wildman–Crippen MR) is 92.9 cm³/mol. The maximum Gasteiger partial charge on any atom is 0.0473 e. The van der Waals surface area contributed by atoms with Crippen molar-refractivity contribution in [2.24, 2.45) is 5.92 Å². The van der Waals surface area contributed by atoms with E-state index in [2.05, 4.69) is 66.2 Å². The van der Waals surface area contributed by atoms with Crippen LogP contribution in [0.3, 0.4) is 0 Å². The first-order chi connectivity index (χ1) is 10.2. The molecule has 3 unspecified atom stereocenters. The van der Waals surface area contributed by atoms with Gasteiger partial charge in [-0.1, -0.05) is 44.2 Å². The Hall–Kier alpha value is -0.510. The van der Waals surface area contributed by atoms with Gasteiger partial charge in [-0.2, -0.15) is 11.8 Å². The summed E-state index contributed by atoms with van der Waals surface area (Å²) < 4.78 is 0. The lowest BCUT2D eigenvalue weighted by atomic mass is 9.95. The predicted octanol–water partition coefficient (Wildman–Crippen LogP) is 3.55. The molecule has 3 rings (SSSR count). The van der Waals surface area contributed by atoms with Crippen molar-refractivity contribution < 1.29 is 0 Å². The highest BCUT2D eigenvalue weighted by Gasteiger charge is 2.32. The monoisotopic (exact) mass is 304 g/mol. The van der Waals surface area contributed by atoms with Crippen molar-refractivity contribution in [3.05, 3.63) is 35.9 Å². The van der Waals surface area contributed by atoms with E-state index >= 15 is 0 Å². The van der Waals surface area contributed by atoms with Gasteiger partial charge in [0, 0.05) is 37.0 Å². The number of thioether (sulfide) groups is 1. The van der Waals surface area contributed by atoms with Crippen LogP contribution in [0, 0.1) is 5.92 Å². The Morgan fingerprint density at radius 3 is 2.76 bits per heavy atom. The number of rotatable bonds is 4. The van der Waals surface area contributed by atoms with E-state index in [0.29, 0.717) is 18.0 Å². The Kier molecular flexibility index (Phi) is 5.25. The molecular formula is C18H28N2S. The summed E-state index contributed by atoms with van der Waals surface area (Å²) in [5.74, 6) is 2.07. The van der Waals surface area contributed by atoms with E-state index in [0.717, 1.165) is 11.8 Å². The summed E-state index contributed by atoms with van der Waals surface area (Å²) >= 11 is 2.18. The molecule has 3 atom stereocenters. The Morgan fingerprint density at radius 2 is 2.10 bits per heavy atom. The molecule has 0 saturated carbocycles. The lowest BCUT2D eigenvalue weighted by Crippen LogP contribution is -2.55. The molecule has 2 aliphatic heterocycles. The van der Waals surface area contributed by atoms with Crippen molar-refractivity contribution in [1.82, 2.24) is 10.2 Å². The number of nitrogens with one attached hydrogen (secondary N) is 1. The first-order valence-electron chi connectivity index (χ1n) is 8.38. The molecule has 2 heterocycles. The molecule has 0 bridgehead atoms. The zero-order chi connectivity index (χ0) is 14.7. The Balaban J connectivity index is 1.73. The van der Waals surface area contributed by atoms with E-state index in [1.165, 1.54) is 37.2 Å². The van der Waals surface area contributed by atoms with Crippen molar-refractivity contribution in [1.29, 1.82) is 0 Å². The summed E-state index contributed by atoms with van der Waals surface area (Å²) in [7, 11) is 0. The highest BCUT2D eigenvalue weighted by molar-refractivity contribution is 8.00. The SMILES string of the molecule is CC(C)C1CN(CC2CCCS2)C(c2ccccc2)CN1. The van der Waals surface area contributed by atoms with E-state index in [9.17, 15) is 0 Å². The second-order valence-electron chi connectivity index (χ2n) is 6.77. The van der Waals surface area contributed by atoms with Crippen LogP contribution in [0.4, 0.5) is 0 Å². The van der Waals surface area contributed by atoms with Crippen LogP contribution in [0.25, 0.3) is 0 Å². The summed E-state index contributed by atoms with van der Waals surface area (Å²) in [6.07, 6.45) is 2.81. The molecule has 2 aliphatic rings. The second-order valence-corrected chi connectivity index (χ2v) is 8.18. The smallest absolute Gasteiger partial charge is 0.0473 e. The quantitative estimate of drug-likeness (QED) is 0.916. The maximum atomic E-state index is 3.77. The third-order valence-electron chi connectivity index (χ3n) is 4.90. The second kappa shape index (κ2) is 7.17. The van der Waals surface area contributed by atoms with Gasteiger partial charge in [0.25, 0.3) is 0 Å². The molecule has 3 heteroatoms. The van der Waals surface area contributed by atoms with Gasteiger partial charge in [-0.25, -0.2) is 0 Å². The minimum atomic E-state index is 0.544. The lowest BCUT2D eigenvalue weighted by molar-refractivity contribution is 0.113. The summed E-state index contributed by atoms with van der Waals surface area (Å²) in [4.78, 5) is 2.75. The Morgan fingerprint density at radius 1 is 1.29 bits per heavy atom. The average Bonchev–Trinajstić information content (AvgIpc) is 3.01. The molecule has 1 aromatic rings. The molecule has 0 aromatic heterocycles. The fraction of sp³-hybridized carbons (Fsp3) is 0.667. The van der Waals surface area contributed by atoms with E-state index < -0.39 is 0 Å². The maximum absolute atomic E-state index is 3.77. The fourth-order valence-corrected chi connectivity index (χ4v) is 4.84. The summed E-state index contributed by atoms with van der Waals surface area (Å²) in [6, 6.07) is 12.2. The van der Waals surface area contributed by atoms with Gasteiger partial charge in [-0.3, -0.25) is 4.90 Å². The van der Waals surface area contributed by atoms with E-state index in [-0.39, 0.29) is 0 Å². The molecule has 2 saturated heterocycles. The zero-order valence-corrected chi connectivity index (χ0v) is 14.1. The van der Waals surface area contributed by atoms with Gasteiger partial charge in [-0.15, -0.1) is 0 Å². The molecule has 1 aromatic carbocycles. The van der Waals surface area contributed by atoms with Gasteiger partial charge in [0.05, 0.1) is 0 Å². The molecule has 0 spiro atoms. The molecule has 1 N–H and O–H groups in total. The van der Waals surface area contributed by atoms with E-state index in [1.54, 1.807) is 0 Å². The van der Waals surface area contributed by atoms with E-state index in [1.807, 2.05) is 0 Å². The number of hydrogen-bond acceptors (Lipinski definition) is 3. The van der Waals surface area contributed by atoms with Crippen molar-refractivity contribution in [2.45, 2.75) is 44.0 Å². The zero-order valence-electron chi connectivity index (χ0n) is 13.3. The number of hydrogen-bond donors (Lipinski definition) is 1. The number of benzene rings is 1. The summed E-state index contributed by atoms with van der Waals surface area (Å²) in [6.45, 7) is 8.21. The Labute approximate surface area is 133 Å². The highest BCUT2D eigenvalue weighted by atomic mass is 32.2. The minimum Gasteiger partial charge on any atom is -0.311 e. The fourth-order valence-electron chi connectivity index (χ4n) is 3.54. The number of piperazine rings is 1. The summed E-state index contributed by atoms with van der Waals surface area (Å²) in [5.41, 5.74) is 1.47. The molecule has 0 aliphatic carbocycles. The molecule has 116 valence electrons. The molecular weight excluding hydrogens is 276 g/mol. The summed E-state index contributed by atoms with van der Waals surface area (Å²) in [5, 5.41) is 4.62. The molecule has 2 nitrogen and oxygen atoms in total. The van der Waals surface area contributed by atoms with Gasteiger partial charge in [0.1, 0.15) is 0 Å². The molecule has 0 amide bonds. The van der Waals surface area contributed by atoms with Gasteiger partial charge < -0.3 is 5.32 Å². The lowest BCUT2D eigenvalue weighted by Gasteiger charge is -2.43. The van der Waals surface area contributed by atoms with Gasteiger partial charge in [0.2, 0.25) is 0 Å².